The standard InChI is InChI=1S/C14H18O4/c1-11-13(7-8-14(15)18-11)17-10-16-9-12-5-3-2-4-6-12/h2-6,11,13H,7-10H2,1H3/t11-,13+/m0/s1. The fourth-order valence-electron chi connectivity index (χ4n) is 1.93. The van der Waals surface area contributed by atoms with Crippen molar-refractivity contribution in [3.63, 3.8) is 0 Å². The molecule has 0 aromatic heterocycles. The molecule has 1 saturated heterocycles. The summed E-state index contributed by atoms with van der Waals surface area (Å²) in [5.41, 5.74) is 1.12. The second kappa shape index (κ2) is 6.52. The normalized spacial score (nSPS) is 23.7. The lowest BCUT2D eigenvalue weighted by Gasteiger charge is -2.28. The molecule has 2 rings (SSSR count). The molecule has 0 radical (unpaired) electrons. The van der Waals surface area contributed by atoms with Gasteiger partial charge in [-0.25, -0.2) is 0 Å². The Morgan fingerprint density at radius 2 is 2.11 bits per heavy atom. The van der Waals surface area contributed by atoms with Crippen LogP contribution in [0.4, 0.5) is 0 Å². The molecule has 1 aliphatic rings. The minimum absolute atomic E-state index is 0.0570. The van der Waals surface area contributed by atoms with E-state index in [9.17, 15) is 4.79 Å². The molecule has 0 spiro atoms. The summed E-state index contributed by atoms with van der Waals surface area (Å²) in [5.74, 6) is -0.146. The van der Waals surface area contributed by atoms with Crippen LogP contribution in [0.1, 0.15) is 25.3 Å². The van der Waals surface area contributed by atoms with Crippen LogP contribution >= 0.6 is 0 Å². The SMILES string of the molecule is C[C@@H]1OC(=O)CC[C@H]1OCOCc1ccccc1. The van der Waals surface area contributed by atoms with E-state index in [2.05, 4.69) is 0 Å². The quantitative estimate of drug-likeness (QED) is 0.457. The van der Waals surface area contributed by atoms with Gasteiger partial charge in [-0.15, -0.1) is 0 Å². The molecule has 98 valence electrons. The van der Waals surface area contributed by atoms with Crippen molar-refractivity contribution in [1.82, 2.24) is 0 Å². The Bertz CT molecular complexity index is 377. The molecule has 1 heterocycles. The van der Waals surface area contributed by atoms with Crippen LogP contribution in [0.25, 0.3) is 0 Å². The number of esters is 1. The van der Waals surface area contributed by atoms with Crippen LogP contribution in [0.5, 0.6) is 0 Å². The van der Waals surface area contributed by atoms with Gasteiger partial charge in [0.05, 0.1) is 12.7 Å². The van der Waals surface area contributed by atoms with Crippen LogP contribution in [-0.4, -0.2) is 25.0 Å². The molecule has 1 fully saturated rings. The molecule has 4 nitrogen and oxygen atoms in total. The van der Waals surface area contributed by atoms with E-state index in [1.54, 1.807) is 0 Å². The van der Waals surface area contributed by atoms with E-state index in [0.717, 1.165) is 5.56 Å². The van der Waals surface area contributed by atoms with Gasteiger partial charge in [0, 0.05) is 6.42 Å². The van der Waals surface area contributed by atoms with Gasteiger partial charge in [0.1, 0.15) is 12.9 Å². The molecule has 1 aromatic carbocycles. The summed E-state index contributed by atoms with van der Waals surface area (Å²) in [4.78, 5) is 11.0. The Hall–Kier alpha value is -1.39. The zero-order valence-corrected chi connectivity index (χ0v) is 10.5. The Morgan fingerprint density at radius 1 is 1.33 bits per heavy atom. The van der Waals surface area contributed by atoms with Crippen molar-refractivity contribution < 1.29 is 19.0 Å². The molecule has 0 N–H and O–H groups in total. The second-order valence-corrected chi connectivity index (χ2v) is 4.39. The van der Waals surface area contributed by atoms with Crippen molar-refractivity contribution in [2.45, 2.75) is 38.6 Å². The zero-order chi connectivity index (χ0) is 12.8. The van der Waals surface area contributed by atoms with Gasteiger partial charge < -0.3 is 14.2 Å². The minimum atomic E-state index is -0.188. The predicted molar refractivity (Wildman–Crippen MR) is 65.8 cm³/mol. The predicted octanol–water partition coefficient (Wildman–Crippen LogP) is 2.27. The highest BCUT2D eigenvalue weighted by Gasteiger charge is 2.27. The largest absolute Gasteiger partial charge is 0.460 e. The van der Waals surface area contributed by atoms with Crippen LogP contribution in [0.15, 0.2) is 30.3 Å². The monoisotopic (exact) mass is 250 g/mol. The van der Waals surface area contributed by atoms with Crippen LogP contribution in [0.2, 0.25) is 0 Å². The van der Waals surface area contributed by atoms with Gasteiger partial charge in [0.15, 0.2) is 0 Å². The average Bonchev–Trinajstić information content (AvgIpc) is 2.38. The summed E-state index contributed by atoms with van der Waals surface area (Å²) < 4.78 is 16.1. The number of ether oxygens (including phenoxy) is 3. The third-order valence-corrected chi connectivity index (χ3v) is 2.95. The van der Waals surface area contributed by atoms with Gasteiger partial charge in [-0.2, -0.15) is 0 Å². The van der Waals surface area contributed by atoms with E-state index in [1.807, 2.05) is 37.3 Å². The van der Waals surface area contributed by atoms with Crippen molar-refractivity contribution in [3.05, 3.63) is 35.9 Å². The molecule has 0 amide bonds. The van der Waals surface area contributed by atoms with E-state index in [0.29, 0.717) is 19.4 Å². The first-order valence-corrected chi connectivity index (χ1v) is 6.18. The van der Waals surface area contributed by atoms with Crippen LogP contribution in [-0.2, 0) is 25.6 Å². The molecule has 0 aliphatic carbocycles. The average molecular weight is 250 g/mol. The smallest absolute Gasteiger partial charge is 0.306 e. The summed E-state index contributed by atoms with van der Waals surface area (Å²) in [7, 11) is 0. The first-order chi connectivity index (χ1) is 8.75. The van der Waals surface area contributed by atoms with E-state index < -0.39 is 0 Å². The maximum Gasteiger partial charge on any atom is 0.306 e. The van der Waals surface area contributed by atoms with E-state index >= 15 is 0 Å². The Balaban J connectivity index is 1.65. The Kier molecular flexibility index (Phi) is 4.73. The van der Waals surface area contributed by atoms with Gasteiger partial charge in [-0.1, -0.05) is 30.3 Å². The van der Waals surface area contributed by atoms with Gasteiger partial charge in [-0.05, 0) is 18.9 Å². The van der Waals surface area contributed by atoms with Gasteiger partial charge >= 0.3 is 5.97 Å². The molecule has 18 heavy (non-hydrogen) atoms. The number of hydrogen-bond acceptors (Lipinski definition) is 4. The maximum absolute atomic E-state index is 11.0. The number of carbonyl (C=O) groups is 1. The summed E-state index contributed by atoms with van der Waals surface area (Å²) in [6.07, 6.45) is 0.882. The van der Waals surface area contributed by atoms with Gasteiger partial charge in [-0.3, -0.25) is 4.79 Å². The minimum Gasteiger partial charge on any atom is -0.460 e. The van der Waals surface area contributed by atoms with Crippen molar-refractivity contribution in [1.29, 1.82) is 0 Å². The lowest BCUT2D eigenvalue weighted by molar-refractivity contribution is -0.179. The lowest BCUT2D eigenvalue weighted by atomic mass is 10.1. The number of rotatable bonds is 5. The highest BCUT2D eigenvalue weighted by Crippen LogP contribution is 2.17. The third kappa shape index (κ3) is 3.82. The number of benzene rings is 1. The van der Waals surface area contributed by atoms with Crippen LogP contribution in [0, 0.1) is 0 Å². The van der Waals surface area contributed by atoms with Crippen LogP contribution in [0.3, 0.4) is 0 Å². The third-order valence-electron chi connectivity index (χ3n) is 2.95. The Labute approximate surface area is 107 Å². The fourth-order valence-corrected chi connectivity index (χ4v) is 1.93. The molecular formula is C14H18O4. The maximum atomic E-state index is 11.0. The van der Waals surface area contributed by atoms with E-state index in [-0.39, 0.29) is 25.0 Å². The molecule has 1 aromatic rings. The Morgan fingerprint density at radius 3 is 2.83 bits per heavy atom. The molecule has 1 aliphatic heterocycles. The highest BCUT2D eigenvalue weighted by molar-refractivity contribution is 5.70. The number of carbonyl (C=O) groups excluding carboxylic acids is 1. The van der Waals surface area contributed by atoms with Crippen molar-refractivity contribution in [2.24, 2.45) is 0 Å². The lowest BCUT2D eigenvalue weighted by Crippen LogP contribution is -2.36. The second-order valence-electron chi connectivity index (χ2n) is 4.39. The number of hydrogen-bond donors (Lipinski definition) is 0. The molecule has 4 heteroatoms. The van der Waals surface area contributed by atoms with Crippen LogP contribution < -0.4 is 0 Å². The van der Waals surface area contributed by atoms with Crippen molar-refractivity contribution in [2.75, 3.05) is 6.79 Å². The first-order valence-electron chi connectivity index (χ1n) is 6.18. The van der Waals surface area contributed by atoms with E-state index in [4.69, 9.17) is 14.2 Å². The zero-order valence-electron chi connectivity index (χ0n) is 10.5. The van der Waals surface area contributed by atoms with Gasteiger partial charge in [0.25, 0.3) is 0 Å². The first kappa shape index (κ1) is 13.1. The van der Waals surface area contributed by atoms with Crippen molar-refractivity contribution in [3.8, 4) is 0 Å². The highest BCUT2D eigenvalue weighted by atomic mass is 16.7. The fraction of sp³-hybridized carbons (Fsp3) is 0.500. The summed E-state index contributed by atoms with van der Waals surface area (Å²) in [5, 5.41) is 0. The summed E-state index contributed by atoms with van der Waals surface area (Å²) in [6, 6.07) is 9.93. The summed E-state index contributed by atoms with van der Waals surface area (Å²) >= 11 is 0. The molecule has 0 unspecified atom stereocenters. The molecule has 2 atom stereocenters. The molecule has 0 saturated carbocycles. The molecule has 0 bridgehead atoms. The van der Waals surface area contributed by atoms with E-state index in [1.165, 1.54) is 0 Å². The topological polar surface area (TPSA) is 44.8 Å². The van der Waals surface area contributed by atoms with Crippen molar-refractivity contribution >= 4 is 5.97 Å². The molecular weight excluding hydrogens is 232 g/mol. The van der Waals surface area contributed by atoms with Gasteiger partial charge in [0.2, 0.25) is 0 Å². The number of cyclic esters (lactones) is 1. The summed E-state index contributed by atoms with van der Waals surface area (Å²) in [6.45, 7) is 2.60.